The highest BCUT2D eigenvalue weighted by atomic mass is 79.9. The molecule has 2 amide bonds. The van der Waals surface area contributed by atoms with Crippen molar-refractivity contribution >= 4 is 49.7 Å². The van der Waals surface area contributed by atoms with E-state index in [1.54, 1.807) is 30.5 Å². The number of rotatable bonds is 10. The smallest absolute Gasteiger partial charge is 0.255 e. The minimum atomic E-state index is -4.06. The first kappa shape index (κ1) is 29.9. The number of hydrogen-bond donors (Lipinski definition) is 2. The largest absolute Gasteiger partial charge is 0.326 e. The topological polar surface area (TPSA) is 113 Å². The van der Waals surface area contributed by atoms with E-state index in [0.717, 1.165) is 37.0 Å². The number of carbonyl (C=O) groups is 2. The molecule has 0 radical (unpaired) electrons. The Bertz CT molecular complexity index is 1670. The second-order valence-electron chi connectivity index (χ2n) is 9.40. The van der Waals surface area contributed by atoms with Gasteiger partial charge in [-0.3, -0.25) is 9.59 Å². The van der Waals surface area contributed by atoms with E-state index >= 15 is 0 Å². The van der Waals surface area contributed by atoms with Gasteiger partial charge in [0.15, 0.2) is 0 Å². The van der Waals surface area contributed by atoms with E-state index in [-0.39, 0.29) is 17.3 Å². The van der Waals surface area contributed by atoms with Gasteiger partial charge in [-0.15, -0.1) is 0 Å². The molecule has 3 aromatic carbocycles. The molecule has 2 N–H and O–H groups in total. The van der Waals surface area contributed by atoms with Gasteiger partial charge in [-0.25, -0.2) is 13.8 Å². The van der Waals surface area contributed by atoms with E-state index < -0.39 is 22.5 Å². The van der Waals surface area contributed by atoms with Crippen molar-refractivity contribution in [3.05, 3.63) is 112 Å². The van der Waals surface area contributed by atoms with Crippen LogP contribution in [0.5, 0.6) is 0 Å². The molecule has 212 valence electrons. The van der Waals surface area contributed by atoms with E-state index in [2.05, 4.69) is 36.3 Å². The summed E-state index contributed by atoms with van der Waals surface area (Å²) in [6.45, 7) is 4.86. The maximum atomic E-state index is 13.6. The molecule has 4 aromatic rings. The number of nitrogens with one attached hydrogen (secondary N) is 2. The molecule has 0 saturated heterocycles. The lowest BCUT2D eigenvalue weighted by atomic mass is 10.2. The van der Waals surface area contributed by atoms with Gasteiger partial charge in [0.05, 0.1) is 17.7 Å². The van der Waals surface area contributed by atoms with Crippen molar-refractivity contribution < 1.29 is 18.0 Å². The van der Waals surface area contributed by atoms with Gasteiger partial charge in [0.25, 0.3) is 5.91 Å². The van der Waals surface area contributed by atoms with Gasteiger partial charge in [-0.05, 0) is 74.0 Å². The Kier molecular flexibility index (Phi) is 9.53. The van der Waals surface area contributed by atoms with Crippen molar-refractivity contribution in [3.63, 3.8) is 0 Å². The summed E-state index contributed by atoms with van der Waals surface area (Å²) in [7, 11) is -4.06. The predicted molar refractivity (Wildman–Crippen MR) is 163 cm³/mol. The number of amides is 2. The molecule has 0 saturated carbocycles. The third-order valence-electron chi connectivity index (χ3n) is 6.28. The Morgan fingerprint density at radius 1 is 0.976 bits per heavy atom. The predicted octanol–water partition coefficient (Wildman–Crippen LogP) is 5.16. The highest BCUT2D eigenvalue weighted by Gasteiger charge is 2.27. The first-order chi connectivity index (χ1) is 19.5. The Morgan fingerprint density at radius 2 is 1.63 bits per heavy atom. The molecule has 1 aromatic heterocycles. The van der Waals surface area contributed by atoms with Gasteiger partial charge in [-0.1, -0.05) is 46.3 Å². The molecule has 1 heterocycles. The minimum Gasteiger partial charge on any atom is -0.326 e. The summed E-state index contributed by atoms with van der Waals surface area (Å²) in [6, 6.07) is 24.7. The SMILES string of the molecule is CC(=O)Nc1ccc(S(=O)(=O)N(CC(=O)N/N=C/c2cc(C)n(-c3ccc(Br)cc3)c2C)Cc2ccccc2)cc1. The fourth-order valence-corrected chi connectivity index (χ4v) is 6.00. The third-order valence-corrected chi connectivity index (χ3v) is 8.62. The van der Waals surface area contributed by atoms with Crippen LogP contribution in [0.1, 0.15) is 29.4 Å². The summed E-state index contributed by atoms with van der Waals surface area (Å²) < 4.78 is 31.3. The standard InChI is InChI=1S/C30H30BrN5O4S/c1-21-17-25(22(2)36(21)28-13-9-26(31)10-14-28)18-32-34-30(38)20-35(19-24-7-5-4-6-8-24)41(39,40)29-15-11-27(12-16-29)33-23(3)37/h4-18H,19-20H2,1-3H3,(H,33,37)(H,34,38)/b32-18+. The fourth-order valence-electron chi connectivity index (χ4n) is 4.35. The number of benzene rings is 3. The van der Waals surface area contributed by atoms with E-state index in [0.29, 0.717) is 5.69 Å². The maximum Gasteiger partial charge on any atom is 0.255 e. The third kappa shape index (κ3) is 7.57. The molecular weight excluding hydrogens is 606 g/mol. The maximum absolute atomic E-state index is 13.6. The van der Waals surface area contributed by atoms with Gasteiger partial charge in [0.1, 0.15) is 0 Å². The first-order valence-electron chi connectivity index (χ1n) is 12.7. The van der Waals surface area contributed by atoms with Crippen molar-refractivity contribution in [1.29, 1.82) is 0 Å². The summed E-state index contributed by atoms with van der Waals surface area (Å²) in [5.41, 5.74) is 7.42. The van der Waals surface area contributed by atoms with E-state index in [1.165, 1.54) is 31.2 Å². The van der Waals surface area contributed by atoms with E-state index in [9.17, 15) is 18.0 Å². The van der Waals surface area contributed by atoms with Crippen LogP contribution in [0.4, 0.5) is 5.69 Å². The minimum absolute atomic E-state index is 0.000726. The lowest BCUT2D eigenvalue weighted by molar-refractivity contribution is -0.121. The first-order valence-corrected chi connectivity index (χ1v) is 15.0. The van der Waals surface area contributed by atoms with Gasteiger partial charge >= 0.3 is 0 Å². The highest BCUT2D eigenvalue weighted by Crippen LogP contribution is 2.22. The van der Waals surface area contributed by atoms with Crippen LogP contribution in [0, 0.1) is 13.8 Å². The number of carbonyl (C=O) groups excluding carboxylic acids is 2. The number of hydrogen-bond acceptors (Lipinski definition) is 5. The van der Waals surface area contributed by atoms with Gasteiger partial charge in [-0.2, -0.15) is 9.41 Å². The number of aromatic nitrogens is 1. The number of hydrazone groups is 1. The van der Waals surface area contributed by atoms with Crippen LogP contribution in [0.2, 0.25) is 0 Å². The molecule has 0 aliphatic carbocycles. The van der Waals surface area contributed by atoms with Crippen LogP contribution >= 0.6 is 15.9 Å². The average molecular weight is 637 g/mol. The number of sulfonamides is 1. The Hall–Kier alpha value is -4.06. The molecule has 0 atom stereocenters. The zero-order valence-electron chi connectivity index (χ0n) is 22.8. The second kappa shape index (κ2) is 13.1. The molecule has 0 bridgehead atoms. The Morgan fingerprint density at radius 3 is 2.27 bits per heavy atom. The summed E-state index contributed by atoms with van der Waals surface area (Å²) in [4.78, 5) is 24.2. The Labute approximate surface area is 248 Å². The zero-order chi connectivity index (χ0) is 29.6. The van der Waals surface area contributed by atoms with Crippen molar-refractivity contribution in [2.24, 2.45) is 5.10 Å². The molecule has 9 nitrogen and oxygen atoms in total. The van der Waals surface area contributed by atoms with Crippen LogP contribution in [0.25, 0.3) is 5.69 Å². The molecule has 0 spiro atoms. The normalized spacial score (nSPS) is 11.6. The van der Waals surface area contributed by atoms with Crippen molar-refractivity contribution in [1.82, 2.24) is 14.3 Å². The van der Waals surface area contributed by atoms with Crippen LogP contribution in [0.15, 0.2) is 99.4 Å². The van der Waals surface area contributed by atoms with E-state index in [1.807, 2.05) is 50.2 Å². The Balaban J connectivity index is 1.51. The van der Waals surface area contributed by atoms with Gasteiger partial charge in [0, 0.05) is 46.3 Å². The number of anilines is 1. The molecule has 41 heavy (non-hydrogen) atoms. The van der Waals surface area contributed by atoms with Gasteiger partial charge in [0.2, 0.25) is 15.9 Å². The summed E-state index contributed by atoms with van der Waals surface area (Å²) in [5, 5.41) is 6.72. The van der Waals surface area contributed by atoms with Crippen molar-refractivity contribution in [2.45, 2.75) is 32.2 Å². The number of nitrogens with zero attached hydrogens (tertiary/aromatic N) is 3. The molecule has 11 heteroatoms. The molecule has 4 rings (SSSR count). The van der Waals surface area contributed by atoms with Gasteiger partial charge < -0.3 is 9.88 Å². The molecule has 0 aliphatic heterocycles. The summed E-state index contributed by atoms with van der Waals surface area (Å²) >= 11 is 3.45. The molecular formula is C30H30BrN5O4S. The quantitative estimate of drug-likeness (QED) is 0.185. The van der Waals surface area contributed by atoms with Crippen LogP contribution in [-0.4, -0.2) is 41.9 Å². The van der Waals surface area contributed by atoms with Crippen LogP contribution in [0.3, 0.4) is 0 Å². The highest BCUT2D eigenvalue weighted by molar-refractivity contribution is 9.10. The van der Waals surface area contributed by atoms with Crippen LogP contribution < -0.4 is 10.7 Å². The van der Waals surface area contributed by atoms with E-state index in [4.69, 9.17) is 0 Å². The van der Waals surface area contributed by atoms with Crippen LogP contribution in [-0.2, 0) is 26.2 Å². The van der Waals surface area contributed by atoms with Crippen molar-refractivity contribution in [3.8, 4) is 5.69 Å². The van der Waals surface area contributed by atoms with Crippen molar-refractivity contribution in [2.75, 3.05) is 11.9 Å². The molecule has 0 unspecified atom stereocenters. The summed E-state index contributed by atoms with van der Waals surface area (Å²) in [6.07, 6.45) is 1.55. The zero-order valence-corrected chi connectivity index (χ0v) is 25.2. The number of halogens is 1. The number of aryl methyl sites for hydroxylation is 1. The average Bonchev–Trinajstić information content (AvgIpc) is 3.22. The lowest BCUT2D eigenvalue weighted by Crippen LogP contribution is -2.39. The second-order valence-corrected chi connectivity index (χ2v) is 12.2. The fraction of sp³-hybridized carbons (Fsp3) is 0.167. The lowest BCUT2D eigenvalue weighted by Gasteiger charge is -2.21. The molecule has 0 fully saturated rings. The monoisotopic (exact) mass is 635 g/mol. The summed E-state index contributed by atoms with van der Waals surface area (Å²) in [5.74, 6) is -0.851. The molecule has 0 aliphatic rings.